The largest absolute Gasteiger partial charge is 0.451 e. The zero-order chi connectivity index (χ0) is 21.6. The Morgan fingerprint density at radius 2 is 2.10 bits per heavy atom. The first-order valence-corrected chi connectivity index (χ1v) is 10.5. The van der Waals surface area contributed by atoms with Gasteiger partial charge in [-0.3, -0.25) is 4.79 Å². The number of hydrogen-bond acceptors (Lipinski definition) is 4. The first kappa shape index (κ1) is 22.7. The zero-order valence-corrected chi connectivity index (χ0v) is 18.3. The van der Waals surface area contributed by atoms with Crippen LogP contribution in [-0.2, 0) is 20.9 Å². The molecule has 2 heterocycles. The zero-order valence-electron chi connectivity index (χ0n) is 18.3. The van der Waals surface area contributed by atoms with E-state index >= 15 is 0 Å². The van der Waals surface area contributed by atoms with E-state index in [9.17, 15) is 14.9 Å². The van der Waals surface area contributed by atoms with E-state index < -0.39 is 5.97 Å². The molecule has 6 heteroatoms. The van der Waals surface area contributed by atoms with Gasteiger partial charge in [-0.05, 0) is 62.7 Å². The van der Waals surface area contributed by atoms with Gasteiger partial charge < -0.3 is 14.2 Å². The van der Waals surface area contributed by atoms with Gasteiger partial charge in [-0.25, -0.2) is 4.79 Å². The van der Waals surface area contributed by atoms with Gasteiger partial charge in [0.1, 0.15) is 11.6 Å². The summed E-state index contributed by atoms with van der Waals surface area (Å²) >= 11 is 0. The molecule has 0 spiro atoms. The molecule has 1 amide bonds. The quantitative estimate of drug-likeness (QED) is 0.396. The van der Waals surface area contributed by atoms with Crippen LogP contribution in [0.15, 0.2) is 11.6 Å². The summed E-state index contributed by atoms with van der Waals surface area (Å²) < 4.78 is 7.35. The number of carbonyl (C=O) groups excluding carboxylic acids is 2. The normalized spacial score (nSPS) is 17.3. The molecule has 1 fully saturated rings. The molecule has 0 N–H and O–H groups in total. The van der Waals surface area contributed by atoms with Gasteiger partial charge in [-0.2, -0.15) is 5.26 Å². The Labute approximate surface area is 174 Å². The van der Waals surface area contributed by atoms with Crippen LogP contribution in [0, 0.1) is 37.0 Å². The maximum absolute atomic E-state index is 12.4. The molecule has 0 radical (unpaired) electrons. The Morgan fingerprint density at radius 1 is 1.38 bits per heavy atom. The monoisotopic (exact) mass is 399 g/mol. The fourth-order valence-corrected chi connectivity index (χ4v) is 3.71. The van der Waals surface area contributed by atoms with Crippen molar-refractivity contribution in [3.8, 4) is 6.07 Å². The van der Waals surface area contributed by atoms with E-state index in [-0.39, 0.29) is 18.1 Å². The van der Waals surface area contributed by atoms with Crippen LogP contribution in [0.3, 0.4) is 0 Å². The Balaban J connectivity index is 2.04. The first-order valence-electron chi connectivity index (χ1n) is 10.5. The molecule has 0 saturated carbocycles. The van der Waals surface area contributed by atoms with E-state index in [2.05, 4.69) is 25.3 Å². The number of nitrogens with zero attached hydrogens (tertiary/aromatic N) is 3. The van der Waals surface area contributed by atoms with Crippen molar-refractivity contribution in [3.63, 3.8) is 0 Å². The van der Waals surface area contributed by atoms with E-state index in [4.69, 9.17) is 4.74 Å². The molecule has 1 unspecified atom stereocenters. The maximum atomic E-state index is 12.4. The number of likely N-dealkylation sites (tertiary alicyclic amines) is 1. The third kappa shape index (κ3) is 6.22. The summed E-state index contributed by atoms with van der Waals surface area (Å²) in [6.07, 6.45) is 4.70. The van der Waals surface area contributed by atoms with Crippen molar-refractivity contribution in [1.29, 1.82) is 5.26 Å². The minimum Gasteiger partial charge on any atom is -0.451 e. The van der Waals surface area contributed by atoms with E-state index in [1.807, 2.05) is 26.0 Å². The van der Waals surface area contributed by atoms with E-state index in [1.54, 1.807) is 11.0 Å². The molecule has 1 saturated heterocycles. The summed E-state index contributed by atoms with van der Waals surface area (Å²) in [7, 11) is 0. The van der Waals surface area contributed by atoms with Gasteiger partial charge in [0.05, 0.1) is 0 Å². The number of hydrogen-bond donors (Lipinski definition) is 0. The summed E-state index contributed by atoms with van der Waals surface area (Å²) in [5.74, 6) is 0.108. The van der Waals surface area contributed by atoms with Crippen LogP contribution < -0.4 is 0 Å². The summed E-state index contributed by atoms with van der Waals surface area (Å²) in [6.45, 7) is 12.5. The third-order valence-corrected chi connectivity index (χ3v) is 5.52. The number of esters is 1. The lowest BCUT2D eigenvalue weighted by atomic mass is 10.0. The molecule has 158 valence electrons. The molecule has 1 aliphatic heterocycles. The number of carbonyl (C=O) groups is 2. The Kier molecular flexibility index (Phi) is 8.07. The number of nitriles is 1. The van der Waals surface area contributed by atoms with Gasteiger partial charge in [0.25, 0.3) is 5.91 Å². The van der Waals surface area contributed by atoms with Crippen LogP contribution in [0.2, 0.25) is 0 Å². The average Bonchev–Trinajstić information content (AvgIpc) is 2.94. The smallest absolute Gasteiger partial charge is 0.349 e. The number of rotatable bonds is 7. The topological polar surface area (TPSA) is 75.3 Å². The molecule has 1 aliphatic rings. The van der Waals surface area contributed by atoms with Gasteiger partial charge in [0.2, 0.25) is 0 Å². The van der Waals surface area contributed by atoms with E-state index in [0.29, 0.717) is 24.9 Å². The highest BCUT2D eigenvalue weighted by Crippen LogP contribution is 2.20. The lowest BCUT2D eigenvalue weighted by molar-refractivity contribution is -0.149. The standard InChI is InChI=1S/C23H33N3O3/c1-16(2)8-10-26-18(4)11-20(19(26)5)12-21(13-24)23(28)29-15-22(27)25-9-6-7-17(3)14-25/h11-12,16-17H,6-10,14-15H2,1-5H3/b21-12+. The Hall–Kier alpha value is -2.55. The van der Waals surface area contributed by atoms with E-state index in [1.165, 1.54) is 0 Å². The second kappa shape index (κ2) is 10.3. The lowest BCUT2D eigenvalue weighted by Gasteiger charge is -2.30. The van der Waals surface area contributed by atoms with Gasteiger partial charge in [-0.15, -0.1) is 0 Å². The maximum Gasteiger partial charge on any atom is 0.349 e. The summed E-state index contributed by atoms with van der Waals surface area (Å²) in [5.41, 5.74) is 2.85. The average molecular weight is 400 g/mol. The fraction of sp³-hybridized carbons (Fsp3) is 0.609. The van der Waals surface area contributed by atoms with Crippen molar-refractivity contribution in [1.82, 2.24) is 9.47 Å². The molecular weight excluding hydrogens is 366 g/mol. The van der Waals surface area contributed by atoms with Gasteiger partial charge in [0.15, 0.2) is 6.61 Å². The minimum absolute atomic E-state index is 0.0890. The van der Waals surface area contributed by atoms with Crippen molar-refractivity contribution in [3.05, 3.63) is 28.6 Å². The highest BCUT2D eigenvalue weighted by molar-refractivity contribution is 5.99. The van der Waals surface area contributed by atoms with Crippen LogP contribution in [0.5, 0.6) is 0 Å². The van der Waals surface area contributed by atoms with E-state index in [0.717, 1.165) is 42.8 Å². The van der Waals surface area contributed by atoms with Gasteiger partial charge in [0, 0.05) is 31.0 Å². The molecule has 0 bridgehead atoms. The number of amides is 1. The van der Waals surface area contributed by atoms with Gasteiger partial charge >= 0.3 is 5.97 Å². The lowest BCUT2D eigenvalue weighted by Crippen LogP contribution is -2.41. The van der Waals surface area contributed by atoms with Crippen LogP contribution in [0.1, 0.15) is 57.0 Å². The Morgan fingerprint density at radius 3 is 2.72 bits per heavy atom. The number of ether oxygens (including phenoxy) is 1. The summed E-state index contributed by atoms with van der Waals surface area (Å²) in [5, 5.41) is 9.43. The van der Waals surface area contributed by atoms with Crippen molar-refractivity contribution < 1.29 is 14.3 Å². The summed E-state index contributed by atoms with van der Waals surface area (Å²) in [4.78, 5) is 26.4. The molecular formula is C23H33N3O3. The van der Waals surface area contributed by atoms with Crippen LogP contribution >= 0.6 is 0 Å². The predicted molar refractivity (Wildman–Crippen MR) is 113 cm³/mol. The Bertz CT molecular complexity index is 814. The van der Waals surface area contributed by atoms with Gasteiger partial charge in [-0.1, -0.05) is 20.8 Å². The highest BCUT2D eigenvalue weighted by Gasteiger charge is 2.22. The molecule has 2 rings (SSSR count). The van der Waals surface area contributed by atoms with Crippen molar-refractivity contribution in [2.24, 2.45) is 11.8 Å². The number of aromatic nitrogens is 1. The minimum atomic E-state index is -0.752. The SMILES string of the molecule is Cc1cc(/C=C(\C#N)C(=O)OCC(=O)N2CCCC(C)C2)c(C)n1CCC(C)C. The second-order valence-electron chi connectivity index (χ2n) is 8.49. The molecule has 6 nitrogen and oxygen atoms in total. The third-order valence-electron chi connectivity index (χ3n) is 5.52. The molecule has 1 aromatic heterocycles. The highest BCUT2D eigenvalue weighted by atomic mass is 16.5. The summed E-state index contributed by atoms with van der Waals surface area (Å²) in [6, 6.07) is 3.89. The molecule has 29 heavy (non-hydrogen) atoms. The number of aryl methyl sites for hydroxylation is 1. The molecule has 0 aromatic carbocycles. The van der Waals surface area contributed by atoms with Crippen molar-refractivity contribution in [2.45, 2.75) is 60.4 Å². The molecule has 1 atom stereocenters. The predicted octanol–water partition coefficient (Wildman–Crippen LogP) is 3.86. The number of piperidine rings is 1. The molecule has 0 aliphatic carbocycles. The van der Waals surface area contributed by atoms with Crippen LogP contribution in [-0.4, -0.2) is 41.0 Å². The second-order valence-corrected chi connectivity index (χ2v) is 8.49. The fourth-order valence-electron chi connectivity index (χ4n) is 3.71. The van der Waals surface area contributed by atoms with Crippen LogP contribution in [0.4, 0.5) is 0 Å². The first-order chi connectivity index (χ1) is 13.7. The van der Waals surface area contributed by atoms with Crippen molar-refractivity contribution in [2.75, 3.05) is 19.7 Å². The van der Waals surface area contributed by atoms with Crippen LogP contribution in [0.25, 0.3) is 6.08 Å². The molecule has 1 aromatic rings. The van der Waals surface area contributed by atoms with Crippen molar-refractivity contribution >= 4 is 18.0 Å².